The van der Waals surface area contributed by atoms with Gasteiger partial charge in [0.25, 0.3) is 0 Å². The summed E-state index contributed by atoms with van der Waals surface area (Å²) >= 11 is 1.68. The lowest BCUT2D eigenvalue weighted by Crippen LogP contribution is -2.06. The molecule has 0 aliphatic heterocycles. The molecule has 0 atom stereocenters. The predicted octanol–water partition coefficient (Wildman–Crippen LogP) is 4.11. The van der Waals surface area contributed by atoms with E-state index in [-0.39, 0.29) is 5.78 Å². The van der Waals surface area contributed by atoms with Crippen LogP contribution in [0.3, 0.4) is 0 Å². The summed E-state index contributed by atoms with van der Waals surface area (Å²) < 4.78 is 5.60. The molecule has 0 saturated heterocycles. The van der Waals surface area contributed by atoms with E-state index in [0.29, 0.717) is 11.0 Å². The summed E-state index contributed by atoms with van der Waals surface area (Å²) in [5.41, 5.74) is 1.81. The summed E-state index contributed by atoms with van der Waals surface area (Å²) in [5.74, 6) is 1.62. The number of carbonyl (C=O) groups is 1. The average Bonchev–Trinajstić information content (AvgIpc) is 2.34. The summed E-state index contributed by atoms with van der Waals surface area (Å²) in [6.45, 7) is 8.99. The number of ketones is 1. The number of ether oxygens (including phenoxy) is 1. The van der Waals surface area contributed by atoms with Gasteiger partial charge in [0, 0.05) is 5.56 Å². The number of aryl methyl sites for hydroxylation is 1. The largest absolute Gasteiger partial charge is 0.493 e. The lowest BCUT2D eigenvalue weighted by atomic mass is 10.1. The molecule has 1 aromatic rings. The van der Waals surface area contributed by atoms with E-state index >= 15 is 0 Å². The number of benzene rings is 1. The summed E-state index contributed by atoms with van der Waals surface area (Å²) in [5, 5.41) is 0.488. The van der Waals surface area contributed by atoms with E-state index in [4.69, 9.17) is 4.74 Å². The molecule has 0 N–H and O–H groups in total. The van der Waals surface area contributed by atoms with Crippen LogP contribution in [0.25, 0.3) is 0 Å². The molecule has 2 nitrogen and oxygen atoms in total. The highest BCUT2D eigenvalue weighted by atomic mass is 32.2. The van der Waals surface area contributed by atoms with Crippen molar-refractivity contribution in [1.29, 1.82) is 0 Å². The average molecular weight is 266 g/mol. The van der Waals surface area contributed by atoms with E-state index in [0.717, 1.165) is 29.9 Å². The maximum Gasteiger partial charge on any atom is 0.172 e. The van der Waals surface area contributed by atoms with Gasteiger partial charge in [-0.15, -0.1) is 0 Å². The summed E-state index contributed by atoms with van der Waals surface area (Å²) in [4.78, 5) is 12.0. The van der Waals surface area contributed by atoms with Gasteiger partial charge in [0.2, 0.25) is 0 Å². The van der Waals surface area contributed by atoms with Gasteiger partial charge in [0.05, 0.1) is 12.4 Å². The van der Waals surface area contributed by atoms with Crippen molar-refractivity contribution in [2.45, 2.75) is 39.4 Å². The maximum atomic E-state index is 12.0. The van der Waals surface area contributed by atoms with E-state index in [1.165, 1.54) is 0 Å². The highest BCUT2D eigenvalue weighted by Crippen LogP contribution is 2.21. The van der Waals surface area contributed by atoms with Crippen molar-refractivity contribution < 1.29 is 9.53 Å². The molecule has 0 bridgehead atoms. The fourth-order valence-electron chi connectivity index (χ4n) is 1.52. The Hall–Kier alpha value is -0.960. The number of hydrogen-bond acceptors (Lipinski definition) is 3. The van der Waals surface area contributed by atoms with Gasteiger partial charge in [-0.1, -0.05) is 20.8 Å². The lowest BCUT2D eigenvalue weighted by Gasteiger charge is -2.10. The van der Waals surface area contributed by atoms with Crippen molar-refractivity contribution in [3.8, 4) is 5.75 Å². The molecule has 18 heavy (non-hydrogen) atoms. The van der Waals surface area contributed by atoms with Crippen LogP contribution in [0.4, 0.5) is 0 Å². The third kappa shape index (κ3) is 4.73. The minimum atomic E-state index is 0.193. The first-order valence-corrected chi connectivity index (χ1v) is 7.47. The fourth-order valence-corrected chi connectivity index (χ4v) is 2.17. The number of hydrogen-bond donors (Lipinski definition) is 0. The smallest absolute Gasteiger partial charge is 0.172 e. The summed E-state index contributed by atoms with van der Waals surface area (Å²) in [7, 11) is 0. The van der Waals surface area contributed by atoms with Crippen molar-refractivity contribution in [1.82, 2.24) is 0 Å². The second kappa shape index (κ2) is 7.47. The first-order valence-electron chi connectivity index (χ1n) is 6.42. The number of Topliss-reactive ketones (excluding diaryl/α,β-unsaturated/α-hetero) is 1. The minimum Gasteiger partial charge on any atom is -0.493 e. The molecule has 0 saturated carbocycles. The molecule has 100 valence electrons. The SMILES string of the molecule is CCCOc1ccc(C(=O)CSC(C)C)cc1C. The van der Waals surface area contributed by atoms with Crippen LogP contribution >= 0.6 is 11.8 Å². The van der Waals surface area contributed by atoms with Crippen LogP contribution in [-0.2, 0) is 0 Å². The van der Waals surface area contributed by atoms with Crippen LogP contribution in [0.1, 0.15) is 43.1 Å². The van der Waals surface area contributed by atoms with Crippen molar-refractivity contribution in [2.24, 2.45) is 0 Å². The Kier molecular flexibility index (Phi) is 6.27. The molecule has 0 aliphatic carbocycles. The van der Waals surface area contributed by atoms with Gasteiger partial charge in [0.15, 0.2) is 5.78 Å². The number of rotatable bonds is 7. The third-order valence-corrected chi connectivity index (χ3v) is 3.60. The van der Waals surface area contributed by atoms with Crippen molar-refractivity contribution >= 4 is 17.5 Å². The molecule has 1 rings (SSSR count). The molecule has 0 spiro atoms. The molecule has 1 aromatic carbocycles. The summed E-state index contributed by atoms with van der Waals surface area (Å²) in [6.07, 6.45) is 0.991. The Bertz CT molecular complexity index is 399. The molecule has 3 heteroatoms. The zero-order valence-corrected chi connectivity index (χ0v) is 12.5. The van der Waals surface area contributed by atoms with Crippen LogP contribution in [0, 0.1) is 6.92 Å². The molecule has 0 aliphatic rings. The van der Waals surface area contributed by atoms with Gasteiger partial charge in [0.1, 0.15) is 5.75 Å². The standard InChI is InChI=1S/C15H22O2S/c1-5-8-17-15-7-6-13(9-12(15)4)14(16)10-18-11(2)3/h6-7,9,11H,5,8,10H2,1-4H3. The first kappa shape index (κ1) is 15.1. The second-order valence-corrected chi connectivity index (χ2v) is 6.18. The molecule has 0 amide bonds. The molecule has 0 aromatic heterocycles. The van der Waals surface area contributed by atoms with Crippen LogP contribution < -0.4 is 4.74 Å². The van der Waals surface area contributed by atoms with Crippen molar-refractivity contribution in [3.63, 3.8) is 0 Å². The Labute approximate surface area is 114 Å². The zero-order valence-electron chi connectivity index (χ0n) is 11.7. The van der Waals surface area contributed by atoms with Gasteiger partial charge in [-0.2, -0.15) is 11.8 Å². The van der Waals surface area contributed by atoms with Gasteiger partial charge in [-0.3, -0.25) is 4.79 Å². The number of thioether (sulfide) groups is 1. The molecule has 0 unspecified atom stereocenters. The first-order chi connectivity index (χ1) is 8.54. The maximum absolute atomic E-state index is 12.0. The van der Waals surface area contributed by atoms with Crippen molar-refractivity contribution in [3.05, 3.63) is 29.3 Å². The van der Waals surface area contributed by atoms with E-state index < -0.39 is 0 Å². The molecule has 0 heterocycles. The van der Waals surface area contributed by atoms with Crippen LogP contribution in [-0.4, -0.2) is 23.4 Å². The van der Waals surface area contributed by atoms with Gasteiger partial charge in [-0.25, -0.2) is 0 Å². The van der Waals surface area contributed by atoms with Crippen LogP contribution in [0.2, 0.25) is 0 Å². The Morgan fingerprint density at radius 2 is 2.11 bits per heavy atom. The predicted molar refractivity (Wildman–Crippen MR) is 78.9 cm³/mol. The monoisotopic (exact) mass is 266 g/mol. The van der Waals surface area contributed by atoms with Crippen LogP contribution in [0.15, 0.2) is 18.2 Å². The Balaban J connectivity index is 2.68. The molecular formula is C15H22O2S. The molecule has 0 radical (unpaired) electrons. The summed E-state index contributed by atoms with van der Waals surface area (Å²) in [6, 6.07) is 5.69. The normalized spacial score (nSPS) is 10.7. The molecular weight excluding hydrogens is 244 g/mol. The third-order valence-electron chi connectivity index (χ3n) is 2.51. The van der Waals surface area contributed by atoms with Gasteiger partial charge >= 0.3 is 0 Å². The van der Waals surface area contributed by atoms with Gasteiger partial charge < -0.3 is 4.74 Å². The zero-order chi connectivity index (χ0) is 13.5. The minimum absolute atomic E-state index is 0.193. The highest BCUT2D eigenvalue weighted by molar-refractivity contribution is 8.00. The topological polar surface area (TPSA) is 26.3 Å². The van der Waals surface area contributed by atoms with E-state index in [2.05, 4.69) is 20.8 Å². The lowest BCUT2D eigenvalue weighted by molar-refractivity contribution is 0.102. The highest BCUT2D eigenvalue weighted by Gasteiger charge is 2.09. The second-order valence-electron chi connectivity index (χ2n) is 4.61. The Morgan fingerprint density at radius 1 is 1.39 bits per heavy atom. The fraction of sp³-hybridized carbons (Fsp3) is 0.533. The Morgan fingerprint density at radius 3 is 2.67 bits per heavy atom. The van der Waals surface area contributed by atoms with Crippen molar-refractivity contribution in [2.75, 3.05) is 12.4 Å². The van der Waals surface area contributed by atoms with Gasteiger partial charge in [-0.05, 0) is 42.4 Å². The van der Waals surface area contributed by atoms with Crippen LogP contribution in [0.5, 0.6) is 5.75 Å². The number of carbonyl (C=O) groups excluding carboxylic acids is 1. The molecule has 0 fully saturated rings. The van der Waals surface area contributed by atoms with E-state index in [9.17, 15) is 4.79 Å². The van der Waals surface area contributed by atoms with E-state index in [1.54, 1.807) is 11.8 Å². The quantitative estimate of drug-likeness (QED) is 0.695. The van der Waals surface area contributed by atoms with E-state index in [1.807, 2.05) is 25.1 Å².